The lowest BCUT2D eigenvalue weighted by Crippen LogP contribution is -2.57. The van der Waals surface area contributed by atoms with Crippen LogP contribution in [-0.2, 0) is 4.74 Å². The summed E-state index contributed by atoms with van der Waals surface area (Å²) in [7, 11) is 1.86. The molecule has 0 atom stereocenters. The molecule has 23 heavy (non-hydrogen) atoms. The molecule has 0 unspecified atom stereocenters. The zero-order valence-electron chi connectivity index (χ0n) is 14.9. The average Bonchev–Trinajstić information content (AvgIpc) is 3.08. The summed E-state index contributed by atoms with van der Waals surface area (Å²) in [5, 5.41) is 7.00. The molecule has 2 N–H and O–H groups in total. The maximum atomic E-state index is 5.38. The lowest BCUT2D eigenvalue weighted by molar-refractivity contribution is 0.107. The molecular formula is C17H34N4OS. The fourth-order valence-electron chi connectivity index (χ4n) is 3.67. The van der Waals surface area contributed by atoms with E-state index >= 15 is 0 Å². The van der Waals surface area contributed by atoms with Crippen molar-refractivity contribution in [1.82, 2.24) is 15.5 Å². The van der Waals surface area contributed by atoms with Gasteiger partial charge in [0.1, 0.15) is 0 Å². The second-order valence-electron chi connectivity index (χ2n) is 6.43. The van der Waals surface area contributed by atoms with Crippen molar-refractivity contribution in [3.8, 4) is 0 Å². The SMILES string of the molecule is CCOCCCNC(=NC)NCC1(N2CCSCC2)CCCC1. The van der Waals surface area contributed by atoms with Gasteiger partial charge in [-0.3, -0.25) is 9.89 Å². The Labute approximate surface area is 146 Å². The molecule has 5 nitrogen and oxygen atoms in total. The Morgan fingerprint density at radius 1 is 1.22 bits per heavy atom. The first-order valence-electron chi connectivity index (χ1n) is 9.16. The minimum Gasteiger partial charge on any atom is -0.382 e. The third kappa shape index (κ3) is 5.84. The van der Waals surface area contributed by atoms with Crippen molar-refractivity contribution in [3.63, 3.8) is 0 Å². The van der Waals surface area contributed by atoms with E-state index in [9.17, 15) is 0 Å². The summed E-state index contributed by atoms with van der Waals surface area (Å²) < 4.78 is 5.38. The van der Waals surface area contributed by atoms with E-state index in [0.717, 1.165) is 38.7 Å². The van der Waals surface area contributed by atoms with Crippen LogP contribution in [0, 0.1) is 0 Å². The van der Waals surface area contributed by atoms with Crippen molar-refractivity contribution in [2.75, 3.05) is 57.9 Å². The number of aliphatic imine (C=N–C) groups is 1. The molecule has 1 saturated heterocycles. The first-order chi connectivity index (χ1) is 11.3. The van der Waals surface area contributed by atoms with Crippen molar-refractivity contribution in [2.24, 2.45) is 4.99 Å². The molecule has 1 saturated carbocycles. The monoisotopic (exact) mass is 342 g/mol. The van der Waals surface area contributed by atoms with Gasteiger partial charge in [0.25, 0.3) is 0 Å². The fourth-order valence-corrected chi connectivity index (χ4v) is 4.57. The van der Waals surface area contributed by atoms with E-state index in [1.165, 1.54) is 50.3 Å². The Hall–Kier alpha value is -0.460. The van der Waals surface area contributed by atoms with Crippen LogP contribution in [0.25, 0.3) is 0 Å². The first-order valence-corrected chi connectivity index (χ1v) is 10.3. The summed E-state index contributed by atoms with van der Waals surface area (Å²) in [4.78, 5) is 7.12. The number of guanidine groups is 1. The maximum absolute atomic E-state index is 5.38. The summed E-state index contributed by atoms with van der Waals surface area (Å²) >= 11 is 2.09. The zero-order valence-corrected chi connectivity index (χ0v) is 15.7. The Kier molecular flexibility index (Phi) is 8.55. The van der Waals surface area contributed by atoms with Crippen LogP contribution in [0.1, 0.15) is 39.0 Å². The molecule has 2 aliphatic rings. The van der Waals surface area contributed by atoms with Crippen molar-refractivity contribution in [1.29, 1.82) is 0 Å². The molecule has 1 aliphatic heterocycles. The average molecular weight is 343 g/mol. The predicted octanol–water partition coefficient (Wildman–Crippen LogP) is 1.94. The number of ether oxygens (including phenoxy) is 1. The van der Waals surface area contributed by atoms with Gasteiger partial charge in [-0.25, -0.2) is 0 Å². The minimum absolute atomic E-state index is 0.351. The standard InChI is InChI=1S/C17H34N4OS/c1-3-22-12-6-9-19-16(18-2)20-15-17(7-4-5-8-17)21-10-13-23-14-11-21/h3-15H2,1-2H3,(H2,18,19,20). The Balaban J connectivity index is 1.78. The highest BCUT2D eigenvalue weighted by molar-refractivity contribution is 7.99. The molecular weight excluding hydrogens is 308 g/mol. The van der Waals surface area contributed by atoms with Crippen LogP contribution < -0.4 is 10.6 Å². The molecule has 2 fully saturated rings. The van der Waals surface area contributed by atoms with Gasteiger partial charge in [0.15, 0.2) is 5.96 Å². The van der Waals surface area contributed by atoms with Crippen LogP contribution in [-0.4, -0.2) is 74.3 Å². The molecule has 2 rings (SSSR count). The van der Waals surface area contributed by atoms with E-state index in [2.05, 4.69) is 32.3 Å². The number of rotatable bonds is 8. The highest BCUT2D eigenvalue weighted by Gasteiger charge is 2.39. The summed E-state index contributed by atoms with van der Waals surface area (Å²) in [6, 6.07) is 0. The van der Waals surface area contributed by atoms with Crippen LogP contribution in [0.5, 0.6) is 0 Å². The predicted molar refractivity (Wildman–Crippen MR) is 101 cm³/mol. The van der Waals surface area contributed by atoms with E-state index in [1.807, 2.05) is 14.0 Å². The first kappa shape index (κ1) is 18.9. The molecule has 1 aliphatic carbocycles. The normalized spacial score (nSPS) is 22.3. The van der Waals surface area contributed by atoms with Crippen molar-refractivity contribution in [3.05, 3.63) is 0 Å². The fraction of sp³-hybridized carbons (Fsp3) is 0.941. The van der Waals surface area contributed by atoms with E-state index in [4.69, 9.17) is 4.74 Å². The summed E-state index contributed by atoms with van der Waals surface area (Å²) in [5.74, 6) is 3.50. The van der Waals surface area contributed by atoms with Gasteiger partial charge in [0, 0.05) is 63.5 Å². The molecule has 0 aromatic rings. The number of nitrogens with zero attached hydrogens (tertiary/aromatic N) is 2. The number of hydrogen-bond donors (Lipinski definition) is 2. The molecule has 134 valence electrons. The largest absolute Gasteiger partial charge is 0.382 e. The van der Waals surface area contributed by atoms with Crippen LogP contribution in [0.4, 0.5) is 0 Å². The van der Waals surface area contributed by atoms with Gasteiger partial charge in [-0.2, -0.15) is 11.8 Å². The third-order valence-electron chi connectivity index (χ3n) is 4.99. The summed E-state index contributed by atoms with van der Waals surface area (Å²) in [6.07, 6.45) is 6.40. The lowest BCUT2D eigenvalue weighted by atomic mass is 9.94. The van der Waals surface area contributed by atoms with E-state index in [1.54, 1.807) is 0 Å². The Morgan fingerprint density at radius 3 is 2.61 bits per heavy atom. The highest BCUT2D eigenvalue weighted by atomic mass is 32.2. The van der Waals surface area contributed by atoms with Crippen LogP contribution in [0.15, 0.2) is 4.99 Å². The van der Waals surface area contributed by atoms with Gasteiger partial charge in [0.2, 0.25) is 0 Å². The second-order valence-corrected chi connectivity index (χ2v) is 7.66. The van der Waals surface area contributed by atoms with E-state index in [0.29, 0.717) is 5.54 Å². The zero-order chi connectivity index (χ0) is 16.4. The van der Waals surface area contributed by atoms with Crippen molar-refractivity contribution >= 4 is 17.7 Å². The molecule has 0 aromatic heterocycles. The Morgan fingerprint density at radius 2 is 1.96 bits per heavy atom. The second kappa shape index (κ2) is 10.4. The lowest BCUT2D eigenvalue weighted by Gasteiger charge is -2.43. The quantitative estimate of drug-likeness (QED) is 0.401. The van der Waals surface area contributed by atoms with Gasteiger partial charge in [-0.15, -0.1) is 0 Å². The molecule has 0 bridgehead atoms. The van der Waals surface area contributed by atoms with Gasteiger partial charge in [-0.1, -0.05) is 12.8 Å². The summed E-state index contributed by atoms with van der Waals surface area (Å²) in [6.45, 7) is 8.06. The van der Waals surface area contributed by atoms with E-state index in [-0.39, 0.29) is 0 Å². The molecule has 0 aromatic carbocycles. The third-order valence-corrected chi connectivity index (χ3v) is 5.93. The number of nitrogens with one attached hydrogen (secondary N) is 2. The maximum Gasteiger partial charge on any atom is 0.191 e. The van der Waals surface area contributed by atoms with Crippen molar-refractivity contribution in [2.45, 2.75) is 44.6 Å². The highest BCUT2D eigenvalue weighted by Crippen LogP contribution is 2.36. The molecule has 0 spiro atoms. The summed E-state index contributed by atoms with van der Waals surface area (Å²) in [5.41, 5.74) is 0.351. The van der Waals surface area contributed by atoms with Gasteiger partial charge in [0.05, 0.1) is 0 Å². The van der Waals surface area contributed by atoms with Gasteiger partial charge in [-0.05, 0) is 26.2 Å². The minimum atomic E-state index is 0.351. The van der Waals surface area contributed by atoms with E-state index < -0.39 is 0 Å². The molecule has 0 radical (unpaired) electrons. The number of hydrogen-bond acceptors (Lipinski definition) is 4. The van der Waals surface area contributed by atoms with Crippen LogP contribution in [0.2, 0.25) is 0 Å². The van der Waals surface area contributed by atoms with Gasteiger partial charge < -0.3 is 15.4 Å². The molecule has 1 heterocycles. The smallest absolute Gasteiger partial charge is 0.191 e. The molecule has 0 amide bonds. The Bertz CT molecular complexity index is 353. The number of thioether (sulfide) groups is 1. The molecule has 6 heteroatoms. The van der Waals surface area contributed by atoms with Crippen molar-refractivity contribution < 1.29 is 4.74 Å². The van der Waals surface area contributed by atoms with Crippen LogP contribution >= 0.6 is 11.8 Å². The topological polar surface area (TPSA) is 48.9 Å². The van der Waals surface area contributed by atoms with Gasteiger partial charge >= 0.3 is 0 Å². The van der Waals surface area contributed by atoms with Crippen LogP contribution in [0.3, 0.4) is 0 Å².